The molecule has 4 nitrogen and oxygen atoms in total. The van der Waals surface area contributed by atoms with E-state index in [4.69, 9.17) is 16.6 Å². The molecule has 172 valence electrons. The molecule has 2 heterocycles. The number of aliphatic hydroxyl groups is 1. The van der Waals surface area contributed by atoms with Gasteiger partial charge in [0.25, 0.3) is 0 Å². The summed E-state index contributed by atoms with van der Waals surface area (Å²) in [6.07, 6.45) is 4.69. The first-order valence-electron chi connectivity index (χ1n) is 12.1. The Balaban J connectivity index is 1.36. The lowest BCUT2D eigenvalue weighted by atomic mass is 9.95. The average Bonchev–Trinajstić information content (AvgIpc) is 3.36. The van der Waals surface area contributed by atoms with Crippen LogP contribution in [-0.2, 0) is 32.4 Å². The van der Waals surface area contributed by atoms with E-state index in [0.717, 1.165) is 46.7 Å². The quantitative estimate of drug-likeness (QED) is 0.323. The van der Waals surface area contributed by atoms with Crippen LogP contribution in [0.3, 0.4) is 0 Å². The topological polar surface area (TPSA) is 43.0 Å². The van der Waals surface area contributed by atoms with Gasteiger partial charge < -0.3 is 14.2 Å². The third-order valence-corrected chi connectivity index (χ3v) is 7.38. The van der Waals surface area contributed by atoms with Crippen LogP contribution in [-0.4, -0.2) is 25.3 Å². The molecule has 3 aromatic carbocycles. The van der Waals surface area contributed by atoms with Gasteiger partial charge >= 0.3 is 0 Å². The number of aryl methyl sites for hydroxylation is 1. The van der Waals surface area contributed by atoms with Gasteiger partial charge in [-0.25, -0.2) is 4.98 Å². The van der Waals surface area contributed by atoms with E-state index in [1.165, 1.54) is 35.0 Å². The molecule has 5 aromatic rings. The Labute approximate surface area is 204 Å². The zero-order chi connectivity index (χ0) is 23.1. The maximum absolute atomic E-state index is 11.4. The molecule has 0 saturated carbocycles. The molecule has 1 atom stereocenters. The third kappa shape index (κ3) is 3.81. The molecule has 0 saturated heterocycles. The predicted octanol–water partition coefficient (Wildman–Crippen LogP) is 6.18. The van der Waals surface area contributed by atoms with Crippen LogP contribution in [0.1, 0.15) is 35.5 Å². The minimum Gasteiger partial charge on any atom is -0.389 e. The summed E-state index contributed by atoms with van der Waals surface area (Å²) in [4.78, 5) is 4.92. The Hall–Kier alpha value is -3.08. The largest absolute Gasteiger partial charge is 0.389 e. The highest BCUT2D eigenvalue weighted by atomic mass is 35.5. The highest BCUT2D eigenvalue weighted by molar-refractivity contribution is 6.35. The summed E-state index contributed by atoms with van der Waals surface area (Å²) in [5, 5.41) is 13.4. The molecule has 2 aromatic heterocycles. The highest BCUT2D eigenvalue weighted by Gasteiger charge is 2.23. The number of aliphatic hydroxyl groups excluding tert-OH is 1. The lowest BCUT2D eigenvalue weighted by molar-refractivity contribution is 0.135. The normalized spacial score (nSPS) is 14.5. The van der Waals surface area contributed by atoms with Crippen molar-refractivity contribution in [1.29, 1.82) is 0 Å². The molecular weight excluding hydrogens is 442 g/mol. The average molecular weight is 470 g/mol. The van der Waals surface area contributed by atoms with Gasteiger partial charge in [-0.15, -0.1) is 0 Å². The molecule has 0 aliphatic heterocycles. The van der Waals surface area contributed by atoms with E-state index in [9.17, 15) is 5.11 Å². The summed E-state index contributed by atoms with van der Waals surface area (Å²) in [7, 11) is 0. The van der Waals surface area contributed by atoms with Gasteiger partial charge in [-0.1, -0.05) is 66.2 Å². The first-order valence-corrected chi connectivity index (χ1v) is 12.5. The molecule has 0 amide bonds. The van der Waals surface area contributed by atoms with Crippen LogP contribution in [0.2, 0.25) is 5.02 Å². The molecule has 0 unspecified atom stereocenters. The lowest BCUT2D eigenvalue weighted by Crippen LogP contribution is -2.24. The first kappa shape index (κ1) is 21.5. The van der Waals surface area contributed by atoms with E-state index in [0.29, 0.717) is 13.1 Å². The maximum Gasteiger partial charge on any atom is 0.114 e. The third-order valence-electron chi connectivity index (χ3n) is 7.07. The molecule has 0 radical (unpaired) electrons. The summed E-state index contributed by atoms with van der Waals surface area (Å²) in [5.74, 6) is 0.976. The summed E-state index contributed by atoms with van der Waals surface area (Å²) in [6.45, 7) is 1.01. The first-order chi connectivity index (χ1) is 16.7. The van der Waals surface area contributed by atoms with E-state index in [1.54, 1.807) is 0 Å². The molecule has 0 fully saturated rings. The molecule has 1 aliphatic rings. The van der Waals surface area contributed by atoms with Crippen molar-refractivity contribution in [3.05, 3.63) is 100 Å². The van der Waals surface area contributed by atoms with Crippen molar-refractivity contribution < 1.29 is 5.11 Å². The van der Waals surface area contributed by atoms with Crippen LogP contribution in [0.5, 0.6) is 0 Å². The van der Waals surface area contributed by atoms with Crippen molar-refractivity contribution in [2.24, 2.45) is 0 Å². The van der Waals surface area contributed by atoms with Crippen molar-refractivity contribution in [1.82, 2.24) is 14.1 Å². The van der Waals surface area contributed by atoms with Gasteiger partial charge in [0.2, 0.25) is 0 Å². The summed E-state index contributed by atoms with van der Waals surface area (Å²) >= 11 is 6.68. The second-order valence-electron chi connectivity index (χ2n) is 9.32. The zero-order valence-electron chi connectivity index (χ0n) is 19.1. The van der Waals surface area contributed by atoms with Crippen LogP contribution in [0.15, 0.2) is 72.8 Å². The maximum atomic E-state index is 11.4. The number of rotatable bonds is 6. The van der Waals surface area contributed by atoms with Gasteiger partial charge in [0.1, 0.15) is 5.82 Å². The van der Waals surface area contributed by atoms with Gasteiger partial charge in [-0.3, -0.25) is 0 Å². The summed E-state index contributed by atoms with van der Waals surface area (Å²) in [6, 6.07) is 24.8. The molecule has 5 heteroatoms. The fourth-order valence-corrected chi connectivity index (χ4v) is 5.85. The number of hydrogen-bond acceptors (Lipinski definition) is 2. The molecule has 34 heavy (non-hydrogen) atoms. The molecule has 1 N–H and O–H groups in total. The number of benzene rings is 3. The van der Waals surface area contributed by atoms with Gasteiger partial charge in [0, 0.05) is 17.5 Å². The SMILES string of the molecule is O[C@@H](Cn1c(Cc2ccccc2)nc2ccccc21)Cn1c2c(c3cccc(Cl)c31)CCCC2. The Bertz CT molecular complexity index is 1470. The number of fused-ring (bicyclic) bond motifs is 4. The smallest absolute Gasteiger partial charge is 0.114 e. The van der Waals surface area contributed by atoms with Gasteiger partial charge in [0.15, 0.2) is 0 Å². The standard InChI is InChI=1S/C29H28ClN3O/c30-24-13-8-12-23-22-11-4-6-15-26(22)33(29(23)24)19-21(34)18-32-27-16-7-5-14-25(27)31-28(32)17-20-9-2-1-3-10-20/h1-3,5,7-10,12-14,16,21,34H,4,6,11,15,17-19H2/t21-/m0/s1. The Morgan fingerprint density at radius 3 is 2.50 bits per heavy atom. The molecule has 0 spiro atoms. The lowest BCUT2D eigenvalue weighted by Gasteiger charge is -2.20. The van der Waals surface area contributed by atoms with Crippen LogP contribution in [0.25, 0.3) is 21.9 Å². The van der Waals surface area contributed by atoms with Crippen molar-refractivity contribution >= 4 is 33.5 Å². The Kier molecular flexibility index (Phi) is 5.64. The minimum absolute atomic E-state index is 0.488. The van der Waals surface area contributed by atoms with Crippen LogP contribution in [0, 0.1) is 0 Å². The predicted molar refractivity (Wildman–Crippen MR) is 139 cm³/mol. The van der Waals surface area contributed by atoms with Gasteiger partial charge in [-0.05, 0) is 55.0 Å². The van der Waals surface area contributed by atoms with Crippen LogP contribution in [0.4, 0.5) is 0 Å². The highest BCUT2D eigenvalue weighted by Crippen LogP contribution is 2.36. The van der Waals surface area contributed by atoms with Gasteiger partial charge in [-0.2, -0.15) is 0 Å². The Morgan fingerprint density at radius 2 is 1.62 bits per heavy atom. The Morgan fingerprint density at radius 1 is 0.853 bits per heavy atom. The molecule has 6 rings (SSSR count). The van der Waals surface area contributed by atoms with E-state index in [-0.39, 0.29) is 0 Å². The van der Waals surface area contributed by atoms with E-state index >= 15 is 0 Å². The monoisotopic (exact) mass is 469 g/mol. The summed E-state index contributed by atoms with van der Waals surface area (Å²) in [5.41, 5.74) is 7.06. The number of para-hydroxylation sites is 3. The molecular formula is C29H28ClN3O. The fourth-order valence-electron chi connectivity index (χ4n) is 5.57. The fraction of sp³-hybridized carbons (Fsp3) is 0.276. The number of aromatic nitrogens is 3. The number of hydrogen-bond donors (Lipinski definition) is 1. The second kappa shape index (κ2) is 8.94. The van der Waals surface area contributed by atoms with E-state index in [1.807, 2.05) is 36.4 Å². The minimum atomic E-state index is -0.565. The number of halogens is 1. The zero-order valence-corrected chi connectivity index (χ0v) is 19.9. The molecule has 0 bridgehead atoms. The number of nitrogens with zero attached hydrogens (tertiary/aromatic N) is 3. The van der Waals surface area contributed by atoms with Gasteiger partial charge in [0.05, 0.1) is 40.8 Å². The van der Waals surface area contributed by atoms with E-state index in [2.05, 4.69) is 45.5 Å². The van der Waals surface area contributed by atoms with Crippen molar-refractivity contribution in [2.75, 3.05) is 0 Å². The summed E-state index contributed by atoms with van der Waals surface area (Å²) < 4.78 is 4.47. The van der Waals surface area contributed by atoms with Crippen molar-refractivity contribution in [2.45, 2.75) is 51.3 Å². The number of imidazole rings is 1. The van der Waals surface area contributed by atoms with Crippen LogP contribution >= 0.6 is 11.6 Å². The van der Waals surface area contributed by atoms with E-state index < -0.39 is 6.10 Å². The van der Waals surface area contributed by atoms with Crippen molar-refractivity contribution in [3.8, 4) is 0 Å². The van der Waals surface area contributed by atoms with Crippen molar-refractivity contribution in [3.63, 3.8) is 0 Å². The van der Waals surface area contributed by atoms with Crippen LogP contribution < -0.4 is 0 Å². The second-order valence-corrected chi connectivity index (χ2v) is 9.73. The molecule has 1 aliphatic carbocycles.